The molecule has 0 aliphatic heterocycles. The summed E-state index contributed by atoms with van der Waals surface area (Å²) in [5.41, 5.74) is 0. The van der Waals surface area contributed by atoms with Crippen LogP contribution < -0.4 is 0 Å². The summed E-state index contributed by atoms with van der Waals surface area (Å²) >= 11 is 7.58. The zero-order valence-corrected chi connectivity index (χ0v) is 12.0. The highest BCUT2D eigenvalue weighted by Crippen LogP contribution is 2.31. The predicted molar refractivity (Wildman–Crippen MR) is 76.9 cm³/mol. The Morgan fingerprint density at radius 3 is 2.47 bits per heavy atom. The Hall–Kier alpha value is -0.180. The highest BCUT2D eigenvalue weighted by Gasteiger charge is 2.24. The molecule has 0 fully saturated rings. The van der Waals surface area contributed by atoms with Gasteiger partial charge in [0.2, 0.25) is 0 Å². The maximum absolute atomic E-state index is 10.3. The summed E-state index contributed by atoms with van der Waals surface area (Å²) in [6.07, 6.45) is 1.76. The van der Waals surface area contributed by atoms with Crippen LogP contribution in [-0.4, -0.2) is 22.3 Å². The molecule has 0 spiro atoms. The van der Waals surface area contributed by atoms with Crippen molar-refractivity contribution in [3.8, 4) is 0 Å². The van der Waals surface area contributed by atoms with E-state index in [1.165, 1.54) is 4.90 Å². The van der Waals surface area contributed by atoms with Crippen molar-refractivity contribution in [2.45, 2.75) is 42.9 Å². The Kier molecular flexibility index (Phi) is 7.02. The standard InChI is InChI=1S/C14H21ClOS/c1-3-7-13(14(16)11(2)10-15)17-12-8-5-4-6-9-12/h4-6,8-9,11,13-14,16H,3,7,10H2,1-2H3/t11-,13+,14-/m0/s1. The number of alkyl halides is 1. The molecule has 1 aromatic carbocycles. The minimum absolute atomic E-state index is 0.143. The first kappa shape index (κ1) is 14.9. The fourth-order valence-electron chi connectivity index (χ4n) is 1.72. The van der Waals surface area contributed by atoms with Crippen molar-refractivity contribution in [1.29, 1.82) is 0 Å². The number of thioether (sulfide) groups is 1. The van der Waals surface area contributed by atoms with E-state index in [0.717, 1.165) is 12.8 Å². The molecule has 0 saturated heterocycles. The lowest BCUT2D eigenvalue weighted by molar-refractivity contribution is 0.121. The summed E-state index contributed by atoms with van der Waals surface area (Å²) in [4.78, 5) is 1.21. The maximum Gasteiger partial charge on any atom is 0.0699 e. The summed E-state index contributed by atoms with van der Waals surface area (Å²) in [6.45, 7) is 4.16. The predicted octanol–water partition coefficient (Wildman–Crippen LogP) is 4.18. The third kappa shape index (κ3) is 4.90. The second kappa shape index (κ2) is 8.02. The number of aliphatic hydroxyl groups is 1. The molecule has 0 amide bonds. The van der Waals surface area contributed by atoms with Gasteiger partial charge < -0.3 is 5.11 Å². The van der Waals surface area contributed by atoms with Gasteiger partial charge in [-0.25, -0.2) is 0 Å². The summed E-state index contributed by atoms with van der Waals surface area (Å²) in [5, 5.41) is 10.5. The minimum Gasteiger partial charge on any atom is -0.392 e. The summed E-state index contributed by atoms with van der Waals surface area (Å²) in [7, 11) is 0. The van der Waals surface area contributed by atoms with Gasteiger partial charge in [0.25, 0.3) is 0 Å². The number of benzene rings is 1. The van der Waals surface area contributed by atoms with Crippen LogP contribution in [0.3, 0.4) is 0 Å². The Morgan fingerprint density at radius 1 is 1.29 bits per heavy atom. The molecular weight excluding hydrogens is 252 g/mol. The number of halogens is 1. The van der Waals surface area contributed by atoms with Gasteiger partial charge in [-0.3, -0.25) is 0 Å². The van der Waals surface area contributed by atoms with Crippen molar-refractivity contribution in [2.24, 2.45) is 5.92 Å². The number of hydrogen-bond donors (Lipinski definition) is 1. The lowest BCUT2D eigenvalue weighted by Crippen LogP contribution is -2.30. The van der Waals surface area contributed by atoms with Crippen molar-refractivity contribution < 1.29 is 5.11 Å². The van der Waals surface area contributed by atoms with E-state index in [-0.39, 0.29) is 17.3 Å². The van der Waals surface area contributed by atoms with Gasteiger partial charge in [-0.15, -0.1) is 23.4 Å². The molecule has 1 rings (SSSR count). The van der Waals surface area contributed by atoms with Crippen molar-refractivity contribution in [2.75, 3.05) is 5.88 Å². The van der Waals surface area contributed by atoms with Crippen LogP contribution in [0.1, 0.15) is 26.7 Å². The molecular formula is C14H21ClOS. The van der Waals surface area contributed by atoms with E-state index in [4.69, 9.17) is 11.6 Å². The topological polar surface area (TPSA) is 20.2 Å². The first-order valence-corrected chi connectivity index (χ1v) is 7.56. The summed E-state index contributed by atoms with van der Waals surface area (Å²) in [5.74, 6) is 0.654. The first-order valence-electron chi connectivity index (χ1n) is 6.14. The van der Waals surface area contributed by atoms with Crippen LogP contribution in [0, 0.1) is 5.92 Å². The fourth-order valence-corrected chi connectivity index (χ4v) is 3.32. The average molecular weight is 273 g/mol. The molecule has 0 saturated carbocycles. The normalized spacial score (nSPS) is 16.5. The molecule has 96 valence electrons. The highest BCUT2D eigenvalue weighted by molar-refractivity contribution is 8.00. The quantitative estimate of drug-likeness (QED) is 0.593. The SMILES string of the molecule is CCC[C@@H](Sc1ccccc1)[C@@H](O)[C@@H](C)CCl. The number of aliphatic hydroxyl groups excluding tert-OH is 1. The lowest BCUT2D eigenvalue weighted by Gasteiger charge is -2.26. The second-order valence-electron chi connectivity index (χ2n) is 4.38. The van der Waals surface area contributed by atoms with Crippen LogP contribution in [0.15, 0.2) is 35.2 Å². The highest BCUT2D eigenvalue weighted by atomic mass is 35.5. The van der Waals surface area contributed by atoms with E-state index in [1.54, 1.807) is 11.8 Å². The van der Waals surface area contributed by atoms with Crippen LogP contribution in [-0.2, 0) is 0 Å². The lowest BCUT2D eigenvalue weighted by atomic mass is 10.0. The van der Waals surface area contributed by atoms with Gasteiger partial charge in [0, 0.05) is 16.0 Å². The molecule has 1 N–H and O–H groups in total. The molecule has 0 aliphatic carbocycles. The van der Waals surface area contributed by atoms with Crippen LogP contribution in [0.25, 0.3) is 0 Å². The smallest absolute Gasteiger partial charge is 0.0699 e. The van der Waals surface area contributed by atoms with Crippen LogP contribution in [0.4, 0.5) is 0 Å². The zero-order valence-electron chi connectivity index (χ0n) is 10.5. The Bertz CT molecular complexity index is 304. The third-order valence-electron chi connectivity index (χ3n) is 2.81. The van der Waals surface area contributed by atoms with Crippen molar-refractivity contribution in [3.63, 3.8) is 0 Å². The molecule has 1 aromatic rings. The van der Waals surface area contributed by atoms with Gasteiger partial charge in [-0.2, -0.15) is 0 Å². The van der Waals surface area contributed by atoms with Crippen molar-refractivity contribution in [3.05, 3.63) is 30.3 Å². The van der Waals surface area contributed by atoms with Crippen LogP contribution >= 0.6 is 23.4 Å². The molecule has 3 atom stereocenters. The average Bonchev–Trinajstić information content (AvgIpc) is 2.37. The van der Waals surface area contributed by atoms with Crippen molar-refractivity contribution in [1.82, 2.24) is 0 Å². The number of rotatable bonds is 7. The van der Waals surface area contributed by atoms with Gasteiger partial charge in [0.05, 0.1) is 6.10 Å². The third-order valence-corrected chi connectivity index (χ3v) is 4.66. The summed E-state index contributed by atoms with van der Waals surface area (Å²) < 4.78 is 0. The minimum atomic E-state index is -0.336. The molecule has 0 aliphatic rings. The first-order chi connectivity index (χ1) is 8.19. The Morgan fingerprint density at radius 2 is 1.94 bits per heavy atom. The van der Waals surface area contributed by atoms with E-state index in [0.29, 0.717) is 5.88 Å². The van der Waals surface area contributed by atoms with E-state index >= 15 is 0 Å². The second-order valence-corrected chi connectivity index (χ2v) is 6.00. The maximum atomic E-state index is 10.3. The monoisotopic (exact) mass is 272 g/mol. The van der Waals surface area contributed by atoms with E-state index in [2.05, 4.69) is 19.1 Å². The van der Waals surface area contributed by atoms with Crippen molar-refractivity contribution >= 4 is 23.4 Å². The van der Waals surface area contributed by atoms with Gasteiger partial charge in [-0.05, 0) is 24.5 Å². The summed E-state index contributed by atoms with van der Waals surface area (Å²) in [6, 6.07) is 10.2. The van der Waals surface area contributed by atoms with E-state index in [1.807, 2.05) is 25.1 Å². The molecule has 0 aromatic heterocycles. The van der Waals surface area contributed by atoms with Crippen LogP contribution in [0.2, 0.25) is 0 Å². The van der Waals surface area contributed by atoms with Gasteiger partial charge in [0.15, 0.2) is 0 Å². The molecule has 3 heteroatoms. The molecule has 0 unspecified atom stereocenters. The molecule has 0 radical (unpaired) electrons. The Labute approximate surface area is 114 Å². The van der Waals surface area contributed by atoms with E-state index < -0.39 is 0 Å². The fraction of sp³-hybridized carbons (Fsp3) is 0.571. The van der Waals surface area contributed by atoms with Gasteiger partial charge >= 0.3 is 0 Å². The molecule has 0 bridgehead atoms. The molecule has 0 heterocycles. The largest absolute Gasteiger partial charge is 0.392 e. The molecule has 17 heavy (non-hydrogen) atoms. The number of hydrogen-bond acceptors (Lipinski definition) is 2. The Balaban J connectivity index is 2.66. The van der Waals surface area contributed by atoms with Gasteiger partial charge in [0.1, 0.15) is 0 Å². The van der Waals surface area contributed by atoms with Crippen LogP contribution in [0.5, 0.6) is 0 Å². The van der Waals surface area contributed by atoms with E-state index in [9.17, 15) is 5.11 Å². The van der Waals surface area contributed by atoms with Gasteiger partial charge in [-0.1, -0.05) is 38.5 Å². The molecule has 1 nitrogen and oxygen atoms in total. The zero-order chi connectivity index (χ0) is 12.7.